The normalized spacial score (nSPS) is 16.6. The van der Waals surface area contributed by atoms with Crippen LogP contribution >= 0.6 is 12.2 Å². The second-order valence-electron chi connectivity index (χ2n) is 10.1. The third-order valence-corrected chi connectivity index (χ3v) is 7.90. The van der Waals surface area contributed by atoms with Crippen molar-refractivity contribution in [3.63, 3.8) is 0 Å². The van der Waals surface area contributed by atoms with Gasteiger partial charge in [0.1, 0.15) is 0 Å². The Kier molecular flexibility index (Phi) is 7.89. The summed E-state index contributed by atoms with van der Waals surface area (Å²) in [6, 6.07) is 24.6. The summed E-state index contributed by atoms with van der Waals surface area (Å²) in [7, 11) is 0. The smallest absolute Gasteiger partial charge is 0.221 e. The molecule has 1 aliphatic rings. The minimum atomic E-state index is -0.136. The van der Waals surface area contributed by atoms with E-state index in [9.17, 15) is 4.79 Å². The number of pyridine rings is 1. The summed E-state index contributed by atoms with van der Waals surface area (Å²) >= 11 is 5.92. The standard InChI is InChI=1S/C32H36N6OS/c1-6-36(7-2)25-15-17-26(18-16-25)37-21(3)20-28(22(37)4)31-30(29-10-8-9-19-33-29)35-32(40)38(31)27-13-11-24(12-14-27)34-23(5)39/h8-20,30-31H,6-7H2,1-5H3,(H,34,39)(H,35,40)/t30-,31+/m0/s1. The topological polar surface area (TPSA) is 65.4 Å². The van der Waals surface area contributed by atoms with Crippen molar-refractivity contribution in [1.29, 1.82) is 0 Å². The number of hydrogen-bond acceptors (Lipinski definition) is 4. The lowest BCUT2D eigenvalue weighted by Crippen LogP contribution is -2.29. The molecule has 0 unspecified atom stereocenters. The van der Waals surface area contributed by atoms with Crippen molar-refractivity contribution in [2.24, 2.45) is 0 Å². The number of benzene rings is 2. The Bertz CT molecular complexity index is 1490. The number of thiocarbonyl (C=S) groups is 1. The summed E-state index contributed by atoms with van der Waals surface area (Å²) in [6.45, 7) is 12.2. The van der Waals surface area contributed by atoms with Crippen LogP contribution in [0.4, 0.5) is 17.1 Å². The van der Waals surface area contributed by atoms with Gasteiger partial charge in [-0.05, 0) is 112 Å². The Balaban J connectivity index is 1.58. The molecule has 2 aromatic heterocycles. The first-order valence-electron chi connectivity index (χ1n) is 13.7. The largest absolute Gasteiger partial charge is 0.372 e. The second-order valence-corrected chi connectivity index (χ2v) is 10.5. The Labute approximate surface area is 241 Å². The third-order valence-electron chi connectivity index (χ3n) is 7.59. The van der Waals surface area contributed by atoms with Crippen molar-refractivity contribution in [3.8, 4) is 5.69 Å². The molecule has 1 amide bonds. The predicted molar refractivity (Wildman–Crippen MR) is 167 cm³/mol. The minimum Gasteiger partial charge on any atom is -0.372 e. The van der Waals surface area contributed by atoms with E-state index in [1.54, 1.807) is 0 Å². The lowest BCUT2D eigenvalue weighted by atomic mass is 9.96. The van der Waals surface area contributed by atoms with Crippen molar-refractivity contribution < 1.29 is 4.79 Å². The number of hydrogen-bond donors (Lipinski definition) is 2. The van der Waals surface area contributed by atoms with E-state index in [0.717, 1.165) is 47.2 Å². The van der Waals surface area contributed by atoms with Crippen LogP contribution in [0.2, 0.25) is 0 Å². The second kappa shape index (κ2) is 11.5. The van der Waals surface area contributed by atoms with Crippen molar-refractivity contribution in [2.45, 2.75) is 46.7 Å². The molecule has 1 saturated heterocycles. The van der Waals surface area contributed by atoms with Gasteiger partial charge in [-0.1, -0.05) is 6.07 Å². The van der Waals surface area contributed by atoms with Crippen molar-refractivity contribution >= 4 is 40.3 Å². The van der Waals surface area contributed by atoms with Crippen LogP contribution in [-0.2, 0) is 4.79 Å². The van der Waals surface area contributed by atoms with Gasteiger partial charge >= 0.3 is 0 Å². The number of nitrogens with one attached hydrogen (secondary N) is 2. The summed E-state index contributed by atoms with van der Waals surface area (Å²) in [5, 5.41) is 7.04. The molecule has 5 rings (SSSR count). The van der Waals surface area contributed by atoms with Crippen LogP contribution in [0.1, 0.15) is 55.5 Å². The molecule has 2 N–H and O–H groups in total. The fourth-order valence-electron chi connectivity index (χ4n) is 5.74. The molecule has 4 aromatic rings. The molecule has 1 fully saturated rings. The van der Waals surface area contributed by atoms with E-state index in [0.29, 0.717) is 5.11 Å². The molecule has 3 heterocycles. The number of aryl methyl sites for hydroxylation is 1. The van der Waals surface area contributed by atoms with Crippen LogP contribution in [0.25, 0.3) is 5.69 Å². The third kappa shape index (κ3) is 5.19. The molecule has 1 aliphatic heterocycles. The first-order chi connectivity index (χ1) is 19.3. The van der Waals surface area contributed by atoms with Gasteiger partial charge < -0.3 is 25.0 Å². The van der Waals surface area contributed by atoms with E-state index in [1.807, 2.05) is 48.7 Å². The highest BCUT2D eigenvalue weighted by Gasteiger charge is 2.42. The summed E-state index contributed by atoms with van der Waals surface area (Å²) in [6.07, 6.45) is 1.82. The van der Waals surface area contributed by atoms with Gasteiger partial charge in [0.15, 0.2) is 5.11 Å². The molecule has 0 saturated carbocycles. The Morgan fingerprint density at radius 3 is 2.27 bits per heavy atom. The molecular weight excluding hydrogens is 516 g/mol. The Hall–Kier alpha value is -4.17. The zero-order valence-electron chi connectivity index (χ0n) is 23.7. The van der Waals surface area contributed by atoms with Gasteiger partial charge in [-0.15, -0.1) is 0 Å². The summed E-state index contributed by atoms with van der Waals surface area (Å²) in [5.41, 5.74) is 8.48. The molecule has 7 nitrogen and oxygen atoms in total. The summed E-state index contributed by atoms with van der Waals surface area (Å²) < 4.78 is 2.32. The van der Waals surface area contributed by atoms with Crippen molar-refractivity contribution in [1.82, 2.24) is 14.9 Å². The van der Waals surface area contributed by atoms with Crippen LogP contribution < -0.4 is 20.4 Å². The molecule has 2 aromatic carbocycles. The fraction of sp³-hybridized carbons (Fsp3) is 0.281. The quantitative estimate of drug-likeness (QED) is 0.244. The number of aromatic nitrogens is 2. The predicted octanol–water partition coefficient (Wildman–Crippen LogP) is 6.47. The monoisotopic (exact) mass is 552 g/mol. The number of anilines is 3. The Morgan fingerprint density at radius 2 is 1.68 bits per heavy atom. The van der Waals surface area contributed by atoms with Gasteiger partial charge in [-0.2, -0.15) is 0 Å². The lowest BCUT2D eigenvalue weighted by Gasteiger charge is -2.28. The number of rotatable bonds is 8. The molecule has 40 heavy (non-hydrogen) atoms. The van der Waals surface area contributed by atoms with Gasteiger partial charge in [-0.3, -0.25) is 9.78 Å². The number of carbonyl (C=O) groups excluding carboxylic acids is 1. The Morgan fingerprint density at radius 1 is 1.00 bits per heavy atom. The highest BCUT2D eigenvalue weighted by molar-refractivity contribution is 7.80. The maximum atomic E-state index is 11.6. The first-order valence-corrected chi connectivity index (χ1v) is 14.2. The van der Waals surface area contributed by atoms with Gasteiger partial charge in [0.2, 0.25) is 5.91 Å². The summed E-state index contributed by atoms with van der Waals surface area (Å²) in [4.78, 5) is 20.8. The maximum absolute atomic E-state index is 11.6. The highest BCUT2D eigenvalue weighted by Crippen LogP contribution is 2.44. The highest BCUT2D eigenvalue weighted by atomic mass is 32.1. The van der Waals surface area contributed by atoms with Crippen LogP contribution in [0.15, 0.2) is 79.0 Å². The van der Waals surface area contributed by atoms with Crippen molar-refractivity contribution in [3.05, 3.63) is 102 Å². The van der Waals surface area contributed by atoms with E-state index < -0.39 is 0 Å². The molecule has 0 radical (unpaired) electrons. The van der Waals surface area contributed by atoms with Crippen LogP contribution in [0.5, 0.6) is 0 Å². The number of amides is 1. The van der Waals surface area contributed by atoms with E-state index >= 15 is 0 Å². The van der Waals surface area contributed by atoms with Crippen molar-refractivity contribution in [2.75, 3.05) is 28.2 Å². The molecule has 8 heteroatoms. The molecule has 206 valence electrons. The number of nitrogens with zero attached hydrogens (tertiary/aromatic N) is 4. The molecule has 2 atom stereocenters. The SMILES string of the molecule is CCN(CC)c1ccc(-n2c(C)cc([C@@H]3[C@H](c4ccccn4)NC(=S)N3c3ccc(NC(C)=O)cc3)c2C)cc1. The summed E-state index contributed by atoms with van der Waals surface area (Å²) in [5.74, 6) is -0.100. The van der Waals surface area contributed by atoms with E-state index in [2.05, 4.69) is 83.0 Å². The first kappa shape index (κ1) is 27.4. The lowest BCUT2D eigenvalue weighted by molar-refractivity contribution is -0.114. The number of carbonyl (C=O) groups is 1. The maximum Gasteiger partial charge on any atom is 0.221 e. The van der Waals surface area contributed by atoms with Crippen LogP contribution in [-0.4, -0.2) is 33.7 Å². The average Bonchev–Trinajstić information content (AvgIpc) is 3.45. The van der Waals surface area contributed by atoms with E-state index in [4.69, 9.17) is 17.2 Å². The van der Waals surface area contributed by atoms with Crippen LogP contribution in [0, 0.1) is 13.8 Å². The van der Waals surface area contributed by atoms with E-state index in [1.165, 1.54) is 18.2 Å². The molecule has 0 spiro atoms. The zero-order chi connectivity index (χ0) is 28.4. The minimum absolute atomic E-state index is 0.100. The fourth-order valence-corrected chi connectivity index (χ4v) is 6.09. The zero-order valence-corrected chi connectivity index (χ0v) is 24.5. The van der Waals surface area contributed by atoms with Crippen LogP contribution in [0.3, 0.4) is 0 Å². The van der Waals surface area contributed by atoms with Gasteiger partial charge in [0.05, 0.1) is 17.8 Å². The molecular formula is C32H36N6OS. The molecule has 0 aliphatic carbocycles. The van der Waals surface area contributed by atoms with E-state index in [-0.39, 0.29) is 18.0 Å². The van der Waals surface area contributed by atoms with Gasteiger partial charge in [0, 0.05) is 60.3 Å². The van der Waals surface area contributed by atoms with Gasteiger partial charge in [0.25, 0.3) is 0 Å². The average molecular weight is 553 g/mol. The molecule has 0 bridgehead atoms. The van der Waals surface area contributed by atoms with Gasteiger partial charge in [-0.25, -0.2) is 0 Å².